The second-order valence-electron chi connectivity index (χ2n) is 10.9. The molecule has 0 saturated carbocycles. The second-order valence-corrected chi connectivity index (χ2v) is 10.9. The third-order valence-corrected chi connectivity index (χ3v) is 6.95. The number of carbonyl (C=O) groups excluding carboxylic acids is 5. The number of nitrogens with one attached hydrogen (secondary N) is 4. The summed E-state index contributed by atoms with van der Waals surface area (Å²) >= 11 is 0. The highest BCUT2D eigenvalue weighted by molar-refractivity contribution is 5.97. The number of carbonyl (C=O) groups is 6. The highest BCUT2D eigenvalue weighted by Gasteiger charge is 2.52. The van der Waals surface area contributed by atoms with E-state index in [2.05, 4.69) is 21.4 Å². The number of carboxylic acids is 1. The Bertz CT molecular complexity index is 1360. The van der Waals surface area contributed by atoms with Gasteiger partial charge in [-0.15, -0.1) is 0 Å². The third kappa shape index (κ3) is 10.7. The summed E-state index contributed by atoms with van der Waals surface area (Å²) in [6, 6.07) is 15.8. The fraction of sp³-hybridized carbons (Fsp3) is 0.419. The number of aryl methyl sites for hydroxylation is 1. The van der Waals surface area contributed by atoms with Crippen LogP contribution >= 0.6 is 0 Å². The lowest BCUT2D eigenvalue weighted by Crippen LogP contribution is -2.58. The molecule has 0 aliphatic carbocycles. The molecule has 1 aliphatic heterocycles. The predicted molar refractivity (Wildman–Crippen MR) is 160 cm³/mol. The van der Waals surface area contributed by atoms with Gasteiger partial charge in [0.25, 0.3) is 17.7 Å². The highest BCUT2D eigenvalue weighted by Crippen LogP contribution is 2.24. The van der Waals surface area contributed by atoms with Crippen molar-refractivity contribution in [2.45, 2.75) is 64.0 Å². The first kappa shape index (κ1) is 34.7. The van der Waals surface area contributed by atoms with Crippen molar-refractivity contribution in [1.82, 2.24) is 26.4 Å². The van der Waals surface area contributed by atoms with Gasteiger partial charge in [-0.25, -0.2) is 5.01 Å². The first-order chi connectivity index (χ1) is 21.4. The van der Waals surface area contributed by atoms with Crippen molar-refractivity contribution in [3.8, 4) is 0 Å². The molecule has 242 valence electrons. The lowest BCUT2D eigenvalue weighted by Gasteiger charge is -2.26. The van der Waals surface area contributed by atoms with Crippen molar-refractivity contribution >= 4 is 35.5 Å². The molecule has 1 unspecified atom stereocenters. The van der Waals surface area contributed by atoms with E-state index in [-0.39, 0.29) is 24.8 Å². The average Bonchev–Trinajstić information content (AvgIpc) is 3.82. The summed E-state index contributed by atoms with van der Waals surface area (Å²) in [6.45, 7) is 3.68. The van der Waals surface area contributed by atoms with Crippen LogP contribution in [0.5, 0.6) is 0 Å². The Hall–Kier alpha value is -4.82. The first-order valence-corrected chi connectivity index (χ1v) is 14.5. The minimum atomic E-state index is -1.45. The van der Waals surface area contributed by atoms with Crippen LogP contribution in [0.2, 0.25) is 0 Å². The Kier molecular flexibility index (Phi) is 12.6. The number of carboxylic acid groups (broad SMARTS) is 1. The van der Waals surface area contributed by atoms with Gasteiger partial charge in [0.2, 0.25) is 11.8 Å². The molecule has 6 N–H and O–H groups in total. The van der Waals surface area contributed by atoms with Crippen LogP contribution in [0.15, 0.2) is 60.7 Å². The normalized spacial score (nSPS) is 17.3. The number of aliphatic hydroxyl groups is 1. The van der Waals surface area contributed by atoms with Crippen LogP contribution < -0.4 is 21.4 Å². The number of aliphatic carboxylic acids is 1. The Balaban J connectivity index is 1.51. The molecule has 1 heterocycles. The smallest absolute Gasteiger partial charge is 0.325 e. The number of hydrogen-bond donors (Lipinski definition) is 6. The lowest BCUT2D eigenvalue weighted by atomic mass is 10.0. The van der Waals surface area contributed by atoms with E-state index in [9.17, 15) is 39.0 Å². The van der Waals surface area contributed by atoms with Crippen LogP contribution in [0.1, 0.15) is 44.4 Å². The molecular formula is C31H39N5O9. The fourth-order valence-electron chi connectivity index (χ4n) is 4.33. The summed E-state index contributed by atoms with van der Waals surface area (Å²) in [5.74, 6) is -5.36. The molecule has 3 rings (SSSR count). The van der Waals surface area contributed by atoms with E-state index in [0.29, 0.717) is 17.0 Å². The van der Waals surface area contributed by atoms with Gasteiger partial charge in [0.05, 0.1) is 6.10 Å². The number of epoxide rings is 1. The van der Waals surface area contributed by atoms with Crippen molar-refractivity contribution in [3.05, 3.63) is 71.8 Å². The Labute approximate surface area is 260 Å². The monoisotopic (exact) mass is 625 g/mol. The summed E-state index contributed by atoms with van der Waals surface area (Å²) in [5, 5.41) is 27.7. The van der Waals surface area contributed by atoms with Gasteiger partial charge >= 0.3 is 5.97 Å². The number of amides is 5. The van der Waals surface area contributed by atoms with Crippen molar-refractivity contribution in [2.75, 3.05) is 13.1 Å². The summed E-state index contributed by atoms with van der Waals surface area (Å²) in [4.78, 5) is 75.2. The maximum absolute atomic E-state index is 13.0. The predicted octanol–water partition coefficient (Wildman–Crippen LogP) is -0.174. The number of benzene rings is 2. The van der Waals surface area contributed by atoms with E-state index < -0.39 is 66.5 Å². The molecule has 0 aromatic heterocycles. The van der Waals surface area contributed by atoms with Crippen LogP contribution in [-0.4, -0.2) is 88.1 Å². The SMILES string of the molecule is CC(C)[C@H](NC(=O)CCc1ccccc1)C(=O)N[C@@H](C)C(=O)NN(CC(=O)O)C(=O)[C@@H]1O[C@H]1C(=O)NCC(O)c1ccccc1. The minimum absolute atomic E-state index is 0.151. The van der Waals surface area contributed by atoms with E-state index in [1.54, 1.807) is 44.2 Å². The summed E-state index contributed by atoms with van der Waals surface area (Å²) in [5.41, 5.74) is 3.70. The van der Waals surface area contributed by atoms with Gasteiger partial charge in [-0.3, -0.25) is 34.2 Å². The largest absolute Gasteiger partial charge is 0.480 e. The molecule has 45 heavy (non-hydrogen) atoms. The van der Waals surface area contributed by atoms with Gasteiger partial charge in [-0.1, -0.05) is 74.5 Å². The van der Waals surface area contributed by atoms with Crippen molar-refractivity contribution < 1.29 is 43.7 Å². The summed E-state index contributed by atoms with van der Waals surface area (Å²) < 4.78 is 5.15. The molecule has 14 nitrogen and oxygen atoms in total. The number of rotatable bonds is 15. The van der Waals surface area contributed by atoms with Gasteiger partial charge in [0.15, 0.2) is 12.2 Å². The van der Waals surface area contributed by atoms with Crippen molar-refractivity contribution in [3.63, 3.8) is 0 Å². The van der Waals surface area contributed by atoms with Crippen LogP contribution in [0, 0.1) is 5.92 Å². The number of ether oxygens (including phenoxy) is 1. The van der Waals surface area contributed by atoms with Gasteiger partial charge in [0.1, 0.15) is 18.6 Å². The number of hydrogen-bond acceptors (Lipinski definition) is 8. The van der Waals surface area contributed by atoms with Gasteiger partial charge < -0.3 is 30.9 Å². The van der Waals surface area contributed by atoms with Crippen LogP contribution in [0.25, 0.3) is 0 Å². The lowest BCUT2D eigenvalue weighted by molar-refractivity contribution is -0.151. The molecule has 0 radical (unpaired) electrons. The number of hydrazine groups is 1. The zero-order chi connectivity index (χ0) is 33.1. The second kappa shape index (κ2) is 16.3. The Morgan fingerprint density at radius 3 is 2.09 bits per heavy atom. The molecule has 2 aromatic carbocycles. The zero-order valence-corrected chi connectivity index (χ0v) is 25.3. The van der Waals surface area contributed by atoms with E-state index in [4.69, 9.17) is 4.74 Å². The molecule has 5 amide bonds. The Morgan fingerprint density at radius 1 is 0.867 bits per heavy atom. The van der Waals surface area contributed by atoms with E-state index in [1.807, 2.05) is 30.3 Å². The van der Waals surface area contributed by atoms with E-state index >= 15 is 0 Å². The zero-order valence-electron chi connectivity index (χ0n) is 25.3. The molecule has 2 aromatic rings. The molecular weight excluding hydrogens is 586 g/mol. The van der Waals surface area contributed by atoms with Crippen LogP contribution in [-0.2, 0) is 39.9 Å². The minimum Gasteiger partial charge on any atom is -0.480 e. The molecule has 0 spiro atoms. The highest BCUT2D eigenvalue weighted by atomic mass is 16.6. The van der Waals surface area contributed by atoms with Crippen molar-refractivity contribution in [1.29, 1.82) is 0 Å². The standard InChI is InChI=1S/C31H39N5O9/c1-18(2)25(34-23(38)15-14-20-10-6-4-7-11-20)29(42)33-19(3)28(41)35-36(17-24(39)40)31(44)27-26(45-27)30(43)32-16-22(37)21-12-8-5-9-13-21/h4-13,18-19,22,25-27,37H,14-17H2,1-3H3,(H,32,43)(H,33,42)(H,34,38)(H,35,41)(H,39,40)/t19-,22?,25-,26+,27+/m0/s1. The maximum Gasteiger partial charge on any atom is 0.325 e. The molecule has 1 aliphatic rings. The van der Waals surface area contributed by atoms with Crippen LogP contribution in [0.3, 0.4) is 0 Å². The summed E-state index contributed by atoms with van der Waals surface area (Å²) in [6.07, 6.45) is -2.98. The molecule has 14 heteroatoms. The van der Waals surface area contributed by atoms with E-state index in [0.717, 1.165) is 5.56 Å². The first-order valence-electron chi connectivity index (χ1n) is 14.5. The quantitative estimate of drug-likeness (QED) is 0.115. The maximum atomic E-state index is 13.0. The molecule has 0 bridgehead atoms. The van der Waals surface area contributed by atoms with Gasteiger partial charge in [-0.05, 0) is 30.4 Å². The fourth-order valence-corrected chi connectivity index (χ4v) is 4.33. The van der Waals surface area contributed by atoms with Crippen LogP contribution in [0.4, 0.5) is 0 Å². The molecule has 5 atom stereocenters. The molecule has 1 saturated heterocycles. The topological polar surface area (TPSA) is 207 Å². The number of nitrogens with zero attached hydrogens (tertiary/aromatic N) is 1. The third-order valence-electron chi connectivity index (χ3n) is 6.95. The molecule has 1 fully saturated rings. The summed E-state index contributed by atoms with van der Waals surface area (Å²) in [7, 11) is 0. The average molecular weight is 626 g/mol. The van der Waals surface area contributed by atoms with Crippen molar-refractivity contribution in [2.24, 2.45) is 5.92 Å². The van der Waals surface area contributed by atoms with Gasteiger partial charge in [0, 0.05) is 13.0 Å². The number of aliphatic hydroxyl groups excluding tert-OH is 1. The van der Waals surface area contributed by atoms with Gasteiger partial charge in [-0.2, -0.15) is 0 Å². The Morgan fingerprint density at radius 2 is 1.49 bits per heavy atom. The van der Waals surface area contributed by atoms with E-state index in [1.165, 1.54) is 6.92 Å².